The topological polar surface area (TPSA) is 61.6 Å². The number of carbonyl (C=O) groups excluding carboxylic acids is 1. The minimum atomic E-state index is -0.669. The Hall–Kier alpha value is -1.40. The predicted molar refractivity (Wildman–Crippen MR) is 87.8 cm³/mol. The van der Waals surface area contributed by atoms with Gasteiger partial charge in [-0.1, -0.05) is 0 Å². The van der Waals surface area contributed by atoms with Crippen molar-refractivity contribution in [3.8, 4) is 0 Å². The van der Waals surface area contributed by atoms with Gasteiger partial charge in [0.1, 0.15) is 0 Å². The minimum absolute atomic E-state index is 0.252. The van der Waals surface area contributed by atoms with Crippen LogP contribution in [0.15, 0.2) is 18.5 Å². The maximum atomic E-state index is 13.0. The van der Waals surface area contributed by atoms with E-state index in [1.54, 1.807) is 6.20 Å². The van der Waals surface area contributed by atoms with Crippen LogP contribution in [0.25, 0.3) is 0 Å². The van der Waals surface area contributed by atoms with Crippen molar-refractivity contribution in [2.24, 2.45) is 5.41 Å². The van der Waals surface area contributed by atoms with Crippen LogP contribution in [0.3, 0.4) is 0 Å². The molecule has 0 aromatic carbocycles. The normalized spacial score (nSPS) is 27.0. The lowest BCUT2D eigenvalue weighted by Crippen LogP contribution is -2.43. The molecular formula is C17H28N4O2. The maximum Gasteiger partial charge on any atom is 0.230 e. The van der Waals surface area contributed by atoms with Crippen LogP contribution in [-0.4, -0.2) is 69.9 Å². The third kappa shape index (κ3) is 3.75. The Morgan fingerprint density at radius 2 is 2.04 bits per heavy atom. The zero-order valence-corrected chi connectivity index (χ0v) is 14.2. The molecule has 23 heavy (non-hydrogen) atoms. The third-order valence-corrected chi connectivity index (χ3v) is 5.15. The molecule has 1 atom stereocenters. The van der Waals surface area contributed by atoms with Gasteiger partial charge in [-0.3, -0.25) is 9.48 Å². The summed E-state index contributed by atoms with van der Waals surface area (Å²) < 4.78 is 1.87. The molecule has 0 spiro atoms. The zero-order chi connectivity index (χ0) is 16.5. The summed E-state index contributed by atoms with van der Waals surface area (Å²) in [4.78, 5) is 17.0. The number of rotatable bonds is 5. The Bertz CT molecular complexity index is 539. The highest BCUT2D eigenvalue weighted by Crippen LogP contribution is 2.49. The Balaban J connectivity index is 1.62. The van der Waals surface area contributed by atoms with E-state index in [0.717, 1.165) is 32.2 Å². The smallest absolute Gasteiger partial charge is 0.230 e. The van der Waals surface area contributed by atoms with Gasteiger partial charge < -0.3 is 14.9 Å². The lowest BCUT2D eigenvalue weighted by molar-refractivity contribution is -0.137. The number of amides is 1. The van der Waals surface area contributed by atoms with Crippen LogP contribution in [0.1, 0.15) is 32.1 Å². The van der Waals surface area contributed by atoms with Crippen molar-refractivity contribution in [2.45, 2.75) is 44.2 Å². The molecular weight excluding hydrogens is 292 g/mol. The Morgan fingerprint density at radius 1 is 1.26 bits per heavy atom. The van der Waals surface area contributed by atoms with Gasteiger partial charge in [-0.05, 0) is 52.3 Å². The molecule has 1 aromatic heterocycles. The van der Waals surface area contributed by atoms with Gasteiger partial charge >= 0.3 is 0 Å². The van der Waals surface area contributed by atoms with Gasteiger partial charge in [0.25, 0.3) is 0 Å². The molecule has 128 valence electrons. The highest BCUT2D eigenvalue weighted by Gasteiger charge is 2.52. The third-order valence-electron chi connectivity index (χ3n) is 5.15. The van der Waals surface area contributed by atoms with Crippen molar-refractivity contribution in [3.05, 3.63) is 18.5 Å². The summed E-state index contributed by atoms with van der Waals surface area (Å²) in [5.41, 5.74) is -0.923. The summed E-state index contributed by atoms with van der Waals surface area (Å²) >= 11 is 0. The largest absolute Gasteiger partial charge is 0.388 e. The van der Waals surface area contributed by atoms with E-state index < -0.39 is 5.60 Å². The van der Waals surface area contributed by atoms with E-state index in [0.29, 0.717) is 26.1 Å². The van der Waals surface area contributed by atoms with E-state index in [1.807, 2.05) is 40.8 Å². The number of likely N-dealkylation sites (tertiary alicyclic amines) is 1. The lowest BCUT2D eigenvalue weighted by Gasteiger charge is -2.30. The number of hydrogen-bond acceptors (Lipinski definition) is 4. The quantitative estimate of drug-likeness (QED) is 0.878. The molecule has 1 amide bonds. The molecule has 1 aliphatic heterocycles. The summed E-state index contributed by atoms with van der Waals surface area (Å²) in [5, 5.41) is 15.0. The first-order valence-electron chi connectivity index (χ1n) is 8.57. The molecule has 1 saturated carbocycles. The molecule has 0 radical (unpaired) electrons. The van der Waals surface area contributed by atoms with E-state index in [9.17, 15) is 9.90 Å². The summed E-state index contributed by atoms with van der Waals surface area (Å²) in [6, 6.07) is 1.90. The van der Waals surface area contributed by atoms with Crippen LogP contribution in [0.5, 0.6) is 0 Å². The Morgan fingerprint density at radius 3 is 2.65 bits per heavy atom. The van der Waals surface area contributed by atoms with Crippen LogP contribution >= 0.6 is 0 Å². The van der Waals surface area contributed by atoms with Gasteiger partial charge in [-0.25, -0.2) is 0 Å². The van der Waals surface area contributed by atoms with Gasteiger partial charge in [-0.2, -0.15) is 5.10 Å². The summed E-state index contributed by atoms with van der Waals surface area (Å²) in [6.45, 7) is 2.75. The first-order chi connectivity index (χ1) is 10.9. The average Bonchev–Trinajstić information content (AvgIpc) is 3.13. The second-order valence-electron chi connectivity index (χ2n) is 7.59. The van der Waals surface area contributed by atoms with Crippen LogP contribution in [0, 0.1) is 5.41 Å². The number of carbonyl (C=O) groups is 1. The molecule has 0 unspecified atom stereocenters. The van der Waals surface area contributed by atoms with Crippen LogP contribution in [-0.2, 0) is 11.3 Å². The van der Waals surface area contributed by atoms with Crippen molar-refractivity contribution in [3.63, 3.8) is 0 Å². The molecule has 1 aromatic rings. The van der Waals surface area contributed by atoms with E-state index >= 15 is 0 Å². The van der Waals surface area contributed by atoms with Gasteiger partial charge in [-0.15, -0.1) is 0 Å². The molecule has 2 aliphatic rings. The van der Waals surface area contributed by atoms with Crippen molar-refractivity contribution >= 4 is 5.91 Å². The molecule has 0 bridgehead atoms. The van der Waals surface area contributed by atoms with Gasteiger partial charge in [0.2, 0.25) is 5.91 Å². The van der Waals surface area contributed by atoms with Crippen molar-refractivity contribution in [1.82, 2.24) is 19.6 Å². The van der Waals surface area contributed by atoms with Gasteiger partial charge in [0.05, 0.1) is 17.6 Å². The molecule has 1 aliphatic carbocycles. The molecule has 2 heterocycles. The lowest BCUT2D eigenvalue weighted by atomic mass is 9.94. The predicted octanol–water partition coefficient (Wildman–Crippen LogP) is 0.968. The zero-order valence-electron chi connectivity index (χ0n) is 14.2. The number of aliphatic hydroxyl groups is 1. The number of hydrogen-bond donors (Lipinski definition) is 1. The molecule has 2 fully saturated rings. The van der Waals surface area contributed by atoms with Gasteiger partial charge in [0, 0.05) is 32.0 Å². The second kappa shape index (κ2) is 6.24. The molecule has 6 heteroatoms. The van der Waals surface area contributed by atoms with Crippen molar-refractivity contribution < 1.29 is 9.90 Å². The minimum Gasteiger partial charge on any atom is -0.388 e. The van der Waals surface area contributed by atoms with Crippen LogP contribution in [0.4, 0.5) is 0 Å². The summed E-state index contributed by atoms with van der Waals surface area (Å²) in [5.74, 6) is 0.252. The fraction of sp³-hybridized carbons (Fsp3) is 0.765. The monoisotopic (exact) mass is 320 g/mol. The van der Waals surface area contributed by atoms with Gasteiger partial charge in [0.15, 0.2) is 0 Å². The first-order valence-corrected chi connectivity index (χ1v) is 8.57. The van der Waals surface area contributed by atoms with E-state index in [1.165, 1.54) is 0 Å². The van der Waals surface area contributed by atoms with Crippen LogP contribution in [0.2, 0.25) is 0 Å². The summed E-state index contributed by atoms with van der Waals surface area (Å²) in [6.07, 6.45) is 7.87. The first kappa shape index (κ1) is 16.5. The second-order valence-corrected chi connectivity index (χ2v) is 7.59. The molecule has 3 rings (SSSR count). The van der Waals surface area contributed by atoms with Crippen LogP contribution < -0.4 is 0 Å². The molecule has 6 nitrogen and oxygen atoms in total. The van der Waals surface area contributed by atoms with E-state index in [4.69, 9.17) is 0 Å². The van der Waals surface area contributed by atoms with E-state index in [-0.39, 0.29) is 11.3 Å². The average molecular weight is 320 g/mol. The number of nitrogens with zero attached hydrogens (tertiary/aromatic N) is 4. The van der Waals surface area contributed by atoms with E-state index in [2.05, 4.69) is 5.10 Å². The fourth-order valence-electron chi connectivity index (χ4n) is 3.76. The Labute approximate surface area is 138 Å². The molecule has 1 N–H and O–H groups in total. The standard InChI is InChI=1S/C17H28N4O2/c1-19(2)14-17(23)5-3-10-20(12-8-17)15(22)16(6-7-16)13-21-11-4-9-18-21/h4,9,11,23H,3,5-8,10,12-14H2,1-2H3/t17-/m1/s1. The maximum absolute atomic E-state index is 13.0. The van der Waals surface area contributed by atoms with Crippen molar-refractivity contribution in [1.29, 1.82) is 0 Å². The fourth-order valence-corrected chi connectivity index (χ4v) is 3.76. The SMILES string of the molecule is CN(C)C[C@@]1(O)CCCN(C(=O)C2(Cn3cccn3)CC2)CC1. The summed E-state index contributed by atoms with van der Waals surface area (Å²) in [7, 11) is 3.96. The Kier molecular flexibility index (Phi) is 4.47. The number of likely N-dealkylation sites (N-methyl/N-ethyl adjacent to an activating group) is 1. The van der Waals surface area contributed by atoms with Crippen molar-refractivity contribution in [2.75, 3.05) is 33.7 Å². The number of aromatic nitrogens is 2. The highest BCUT2D eigenvalue weighted by molar-refractivity contribution is 5.85. The highest BCUT2D eigenvalue weighted by atomic mass is 16.3. The molecule has 1 saturated heterocycles.